The summed E-state index contributed by atoms with van der Waals surface area (Å²) in [7, 11) is 1.62. The predicted octanol–water partition coefficient (Wildman–Crippen LogP) is 4.12. The summed E-state index contributed by atoms with van der Waals surface area (Å²) in [6.07, 6.45) is 1.68. The second-order valence-electron chi connectivity index (χ2n) is 5.97. The first-order chi connectivity index (χ1) is 13.6. The average molecular weight is 418 g/mol. The molecular formula is C20H20ClN3O3S. The SMILES string of the molecule is COCCOc1ccc(CNC(=O)c2sc(-c3cccc(Cl)c3)nc2C)cn1. The van der Waals surface area contributed by atoms with Gasteiger partial charge in [-0.2, -0.15) is 0 Å². The van der Waals surface area contributed by atoms with Gasteiger partial charge in [0.25, 0.3) is 5.91 Å². The van der Waals surface area contributed by atoms with Crippen LogP contribution >= 0.6 is 22.9 Å². The molecule has 146 valence electrons. The molecule has 0 bridgehead atoms. The molecule has 0 saturated carbocycles. The van der Waals surface area contributed by atoms with Gasteiger partial charge in [0, 0.05) is 36.5 Å². The van der Waals surface area contributed by atoms with Gasteiger partial charge in [-0.05, 0) is 24.6 Å². The van der Waals surface area contributed by atoms with E-state index in [9.17, 15) is 4.79 Å². The minimum atomic E-state index is -0.163. The number of ether oxygens (including phenoxy) is 2. The van der Waals surface area contributed by atoms with E-state index >= 15 is 0 Å². The molecule has 0 aliphatic heterocycles. The molecule has 0 unspecified atom stereocenters. The van der Waals surface area contributed by atoms with E-state index in [4.69, 9.17) is 21.1 Å². The average Bonchev–Trinajstić information content (AvgIpc) is 3.09. The summed E-state index contributed by atoms with van der Waals surface area (Å²) < 4.78 is 10.4. The standard InChI is InChI=1S/C20H20ClN3O3S/c1-13-18(28-20(24-13)15-4-3-5-16(21)10-15)19(25)23-12-14-6-7-17(22-11-14)27-9-8-26-2/h3-7,10-11H,8-9,12H2,1-2H3,(H,23,25). The third-order valence-corrected chi connectivity index (χ3v) is 5.30. The van der Waals surface area contributed by atoms with Gasteiger partial charge in [0.05, 0.1) is 12.3 Å². The van der Waals surface area contributed by atoms with Gasteiger partial charge in [-0.1, -0.05) is 29.8 Å². The van der Waals surface area contributed by atoms with Crippen LogP contribution in [0.3, 0.4) is 0 Å². The van der Waals surface area contributed by atoms with Gasteiger partial charge in [-0.15, -0.1) is 11.3 Å². The van der Waals surface area contributed by atoms with Crippen LogP contribution in [0, 0.1) is 6.92 Å². The van der Waals surface area contributed by atoms with Crippen molar-refractivity contribution in [1.29, 1.82) is 0 Å². The summed E-state index contributed by atoms with van der Waals surface area (Å²) in [5.74, 6) is 0.361. The Hall–Kier alpha value is -2.48. The van der Waals surface area contributed by atoms with Gasteiger partial charge in [-0.3, -0.25) is 4.79 Å². The first-order valence-corrected chi connectivity index (χ1v) is 9.84. The molecule has 0 saturated heterocycles. The summed E-state index contributed by atoms with van der Waals surface area (Å²) in [5.41, 5.74) is 2.47. The summed E-state index contributed by atoms with van der Waals surface area (Å²) in [5, 5.41) is 4.31. The minimum absolute atomic E-state index is 0.163. The third kappa shape index (κ3) is 5.28. The van der Waals surface area contributed by atoms with Crippen LogP contribution in [0.4, 0.5) is 0 Å². The van der Waals surface area contributed by atoms with E-state index in [1.54, 1.807) is 25.4 Å². The molecule has 3 rings (SSSR count). The molecule has 0 atom stereocenters. The minimum Gasteiger partial charge on any atom is -0.475 e. The molecule has 0 aliphatic carbocycles. The summed E-state index contributed by atoms with van der Waals surface area (Å²) in [6.45, 7) is 3.14. The Morgan fingerprint density at radius 2 is 2.11 bits per heavy atom. The Morgan fingerprint density at radius 3 is 2.82 bits per heavy atom. The number of rotatable bonds is 8. The van der Waals surface area contributed by atoms with Crippen LogP contribution < -0.4 is 10.1 Å². The van der Waals surface area contributed by atoms with Gasteiger partial charge in [0.15, 0.2) is 0 Å². The lowest BCUT2D eigenvalue weighted by Gasteiger charge is -2.06. The largest absolute Gasteiger partial charge is 0.475 e. The third-order valence-electron chi connectivity index (χ3n) is 3.86. The van der Waals surface area contributed by atoms with Crippen molar-refractivity contribution >= 4 is 28.8 Å². The number of pyridine rings is 1. The van der Waals surface area contributed by atoms with Crippen LogP contribution in [0.5, 0.6) is 5.88 Å². The Morgan fingerprint density at radius 1 is 1.25 bits per heavy atom. The number of thiazole rings is 1. The molecule has 0 fully saturated rings. The molecular weight excluding hydrogens is 398 g/mol. The van der Waals surface area contributed by atoms with E-state index in [1.165, 1.54) is 11.3 Å². The van der Waals surface area contributed by atoms with Crippen LogP contribution in [0.2, 0.25) is 5.02 Å². The van der Waals surface area contributed by atoms with E-state index in [0.717, 1.165) is 16.1 Å². The second-order valence-corrected chi connectivity index (χ2v) is 7.41. The fraction of sp³-hybridized carbons (Fsp3) is 0.250. The lowest BCUT2D eigenvalue weighted by atomic mass is 10.2. The fourth-order valence-electron chi connectivity index (χ4n) is 2.45. The van der Waals surface area contributed by atoms with Crippen molar-refractivity contribution in [3.8, 4) is 16.5 Å². The van der Waals surface area contributed by atoms with E-state index in [2.05, 4.69) is 15.3 Å². The number of benzene rings is 1. The van der Waals surface area contributed by atoms with Crippen molar-refractivity contribution in [3.63, 3.8) is 0 Å². The molecule has 6 nitrogen and oxygen atoms in total. The van der Waals surface area contributed by atoms with Crippen molar-refractivity contribution in [1.82, 2.24) is 15.3 Å². The van der Waals surface area contributed by atoms with Crippen LogP contribution in [-0.2, 0) is 11.3 Å². The maximum absolute atomic E-state index is 12.6. The number of halogens is 1. The summed E-state index contributed by atoms with van der Waals surface area (Å²) in [4.78, 5) is 21.9. The number of nitrogens with zero attached hydrogens (tertiary/aromatic N) is 2. The zero-order valence-electron chi connectivity index (χ0n) is 15.6. The van der Waals surface area contributed by atoms with Crippen LogP contribution in [0.1, 0.15) is 20.9 Å². The van der Waals surface area contributed by atoms with Gasteiger partial charge in [-0.25, -0.2) is 9.97 Å². The highest BCUT2D eigenvalue weighted by molar-refractivity contribution is 7.17. The zero-order valence-corrected chi connectivity index (χ0v) is 17.1. The highest BCUT2D eigenvalue weighted by Gasteiger charge is 2.16. The number of aryl methyl sites for hydroxylation is 1. The number of aromatic nitrogens is 2. The van der Waals surface area contributed by atoms with Crippen LogP contribution in [0.15, 0.2) is 42.6 Å². The molecule has 0 spiro atoms. The van der Waals surface area contributed by atoms with E-state index in [1.807, 2.05) is 31.2 Å². The highest BCUT2D eigenvalue weighted by Crippen LogP contribution is 2.29. The number of hydrogen-bond donors (Lipinski definition) is 1. The molecule has 28 heavy (non-hydrogen) atoms. The second kappa shape index (κ2) is 9.64. The highest BCUT2D eigenvalue weighted by atomic mass is 35.5. The van der Waals surface area contributed by atoms with Crippen molar-refractivity contribution in [3.05, 3.63) is 63.8 Å². The molecule has 1 amide bonds. The van der Waals surface area contributed by atoms with Crippen LogP contribution in [0.25, 0.3) is 10.6 Å². The van der Waals surface area contributed by atoms with E-state index in [-0.39, 0.29) is 5.91 Å². The molecule has 1 N–H and O–H groups in total. The Kier molecular flexibility index (Phi) is 6.97. The molecule has 2 aromatic heterocycles. The number of methoxy groups -OCH3 is 1. The molecule has 0 aliphatic rings. The lowest BCUT2D eigenvalue weighted by Crippen LogP contribution is -2.22. The molecule has 1 aromatic carbocycles. The zero-order chi connectivity index (χ0) is 19.9. The Bertz CT molecular complexity index is 944. The van der Waals surface area contributed by atoms with Gasteiger partial charge in [0.2, 0.25) is 5.88 Å². The van der Waals surface area contributed by atoms with E-state index < -0.39 is 0 Å². The maximum Gasteiger partial charge on any atom is 0.263 e. The molecule has 0 radical (unpaired) electrons. The van der Waals surface area contributed by atoms with Crippen molar-refractivity contribution in [2.24, 2.45) is 0 Å². The molecule has 3 aromatic rings. The van der Waals surface area contributed by atoms with Gasteiger partial charge in [0.1, 0.15) is 16.5 Å². The predicted molar refractivity (Wildman–Crippen MR) is 110 cm³/mol. The van der Waals surface area contributed by atoms with Crippen molar-refractivity contribution < 1.29 is 14.3 Å². The Balaban J connectivity index is 1.61. The van der Waals surface area contributed by atoms with E-state index in [0.29, 0.717) is 41.2 Å². The number of carbonyl (C=O) groups is 1. The summed E-state index contributed by atoms with van der Waals surface area (Å²) >= 11 is 7.39. The monoisotopic (exact) mass is 417 g/mol. The Labute approximate surface area is 172 Å². The van der Waals surface area contributed by atoms with Gasteiger partial charge < -0.3 is 14.8 Å². The number of hydrogen-bond acceptors (Lipinski definition) is 6. The summed E-state index contributed by atoms with van der Waals surface area (Å²) in [6, 6.07) is 11.1. The van der Waals surface area contributed by atoms with Crippen molar-refractivity contribution in [2.75, 3.05) is 20.3 Å². The normalized spacial score (nSPS) is 10.7. The quantitative estimate of drug-likeness (QED) is 0.558. The number of carbonyl (C=O) groups excluding carboxylic acids is 1. The van der Waals surface area contributed by atoms with Crippen molar-refractivity contribution in [2.45, 2.75) is 13.5 Å². The number of nitrogens with one attached hydrogen (secondary N) is 1. The fourth-order valence-corrected chi connectivity index (χ4v) is 3.61. The number of amides is 1. The maximum atomic E-state index is 12.6. The molecule has 8 heteroatoms. The first-order valence-electron chi connectivity index (χ1n) is 8.65. The van der Waals surface area contributed by atoms with Gasteiger partial charge >= 0.3 is 0 Å². The first kappa shape index (κ1) is 20.3. The lowest BCUT2D eigenvalue weighted by molar-refractivity contribution is 0.0954. The van der Waals surface area contributed by atoms with Crippen LogP contribution in [-0.4, -0.2) is 36.2 Å². The molecule has 2 heterocycles. The smallest absolute Gasteiger partial charge is 0.263 e. The topological polar surface area (TPSA) is 73.3 Å².